The van der Waals surface area contributed by atoms with Crippen molar-refractivity contribution in [3.63, 3.8) is 0 Å². The molecule has 1 N–H and O–H groups in total. The molecular weight excluding hydrogens is 300 g/mol. The van der Waals surface area contributed by atoms with Gasteiger partial charge >= 0.3 is 0 Å². The summed E-state index contributed by atoms with van der Waals surface area (Å²) >= 11 is 1.64. The number of carbonyl (C=O) groups excluding carboxylic acids is 2. The Balaban J connectivity index is 1.78. The average Bonchev–Trinajstić information content (AvgIpc) is 2.99. The molecule has 1 atom stereocenters. The molecule has 0 saturated carbocycles. The summed E-state index contributed by atoms with van der Waals surface area (Å²) in [5.74, 6) is 0.0525. The van der Waals surface area contributed by atoms with Crippen molar-refractivity contribution >= 4 is 28.2 Å². The number of rotatable bonds is 6. The number of ketones is 1. The Morgan fingerprint density at radius 2 is 2.00 bits per heavy atom. The molecular formula is C15H24N4O2S. The molecule has 1 fully saturated rings. The van der Waals surface area contributed by atoms with E-state index in [-0.39, 0.29) is 23.7 Å². The van der Waals surface area contributed by atoms with Gasteiger partial charge in [-0.25, -0.2) is 4.98 Å². The van der Waals surface area contributed by atoms with Gasteiger partial charge in [0.15, 0.2) is 10.9 Å². The summed E-state index contributed by atoms with van der Waals surface area (Å²) in [6.45, 7) is 9.18. The van der Waals surface area contributed by atoms with E-state index in [1.165, 1.54) is 6.92 Å². The number of hydrogen-bond donors (Lipinski definition) is 1. The highest BCUT2D eigenvalue weighted by molar-refractivity contribution is 7.13. The molecule has 1 saturated heterocycles. The molecule has 0 aromatic carbocycles. The van der Waals surface area contributed by atoms with Crippen LogP contribution < -0.4 is 10.2 Å². The number of Topliss-reactive ketones (excluding diaryl/α,β-unsaturated/α-hetero) is 1. The second-order valence-corrected chi connectivity index (χ2v) is 6.85. The van der Waals surface area contributed by atoms with Crippen molar-refractivity contribution in [2.45, 2.75) is 26.8 Å². The topological polar surface area (TPSA) is 65.5 Å². The molecule has 2 rings (SSSR count). The van der Waals surface area contributed by atoms with E-state index in [9.17, 15) is 9.59 Å². The van der Waals surface area contributed by atoms with Crippen molar-refractivity contribution in [1.82, 2.24) is 15.2 Å². The molecule has 1 aliphatic rings. The van der Waals surface area contributed by atoms with E-state index in [1.54, 1.807) is 11.3 Å². The van der Waals surface area contributed by atoms with Crippen LogP contribution in [0, 0.1) is 5.92 Å². The number of anilines is 1. The molecule has 0 spiro atoms. The van der Waals surface area contributed by atoms with Crippen LogP contribution in [-0.2, 0) is 9.59 Å². The summed E-state index contributed by atoms with van der Waals surface area (Å²) in [6.07, 6.45) is 1.81. The minimum atomic E-state index is -0.385. The van der Waals surface area contributed by atoms with Gasteiger partial charge in [0, 0.05) is 37.8 Å². The van der Waals surface area contributed by atoms with Gasteiger partial charge in [-0.15, -0.1) is 11.3 Å². The highest BCUT2D eigenvalue weighted by Crippen LogP contribution is 2.18. The van der Waals surface area contributed by atoms with Crippen LogP contribution in [0.25, 0.3) is 0 Å². The molecule has 1 amide bonds. The first kappa shape index (κ1) is 16.9. The van der Waals surface area contributed by atoms with E-state index >= 15 is 0 Å². The Bertz CT molecular complexity index is 496. The third-order valence-electron chi connectivity index (χ3n) is 3.85. The highest BCUT2D eigenvalue weighted by Gasteiger charge is 2.24. The van der Waals surface area contributed by atoms with Crippen LogP contribution in [0.1, 0.15) is 20.8 Å². The lowest BCUT2D eigenvalue weighted by Crippen LogP contribution is -2.52. The van der Waals surface area contributed by atoms with Gasteiger partial charge in [0.1, 0.15) is 0 Å². The highest BCUT2D eigenvalue weighted by atomic mass is 32.1. The molecule has 1 aliphatic heterocycles. The SMILES string of the molecule is CC(=O)[C@H](NC(=O)CN1CCN(c2nccs2)CC1)C(C)C. The monoisotopic (exact) mass is 324 g/mol. The molecule has 2 heterocycles. The van der Waals surface area contributed by atoms with Crippen LogP contribution in [0.2, 0.25) is 0 Å². The Labute approximate surface area is 135 Å². The molecule has 0 unspecified atom stereocenters. The average molecular weight is 324 g/mol. The van der Waals surface area contributed by atoms with E-state index in [4.69, 9.17) is 0 Å². The molecule has 6 nitrogen and oxygen atoms in total. The normalized spacial score (nSPS) is 17.5. The molecule has 7 heteroatoms. The number of thiazole rings is 1. The van der Waals surface area contributed by atoms with Crippen LogP contribution in [0.15, 0.2) is 11.6 Å². The molecule has 0 radical (unpaired) electrons. The number of hydrogen-bond acceptors (Lipinski definition) is 6. The molecule has 1 aromatic heterocycles. The summed E-state index contributed by atoms with van der Waals surface area (Å²) < 4.78 is 0. The number of nitrogens with one attached hydrogen (secondary N) is 1. The predicted octanol–water partition coefficient (Wildman–Crippen LogP) is 0.995. The molecule has 122 valence electrons. The quantitative estimate of drug-likeness (QED) is 0.845. The Morgan fingerprint density at radius 3 is 2.50 bits per heavy atom. The lowest BCUT2D eigenvalue weighted by Gasteiger charge is -2.34. The zero-order chi connectivity index (χ0) is 16.1. The third kappa shape index (κ3) is 4.51. The maximum atomic E-state index is 12.1. The number of piperazine rings is 1. The van der Waals surface area contributed by atoms with E-state index < -0.39 is 0 Å². The van der Waals surface area contributed by atoms with Gasteiger partial charge in [-0.1, -0.05) is 13.8 Å². The van der Waals surface area contributed by atoms with Gasteiger partial charge in [0.05, 0.1) is 12.6 Å². The predicted molar refractivity (Wildman–Crippen MR) is 88.2 cm³/mol. The maximum Gasteiger partial charge on any atom is 0.234 e. The number of nitrogens with zero attached hydrogens (tertiary/aromatic N) is 3. The maximum absolute atomic E-state index is 12.1. The van der Waals surface area contributed by atoms with Crippen molar-refractivity contribution < 1.29 is 9.59 Å². The first-order valence-electron chi connectivity index (χ1n) is 7.64. The first-order chi connectivity index (χ1) is 10.5. The smallest absolute Gasteiger partial charge is 0.234 e. The molecule has 0 aliphatic carbocycles. The minimum absolute atomic E-state index is 0.0111. The van der Waals surface area contributed by atoms with Crippen LogP contribution in [0.4, 0.5) is 5.13 Å². The standard InChI is InChI=1S/C15H24N4O2S/c1-11(2)14(12(3)20)17-13(21)10-18-5-7-19(8-6-18)15-16-4-9-22-15/h4,9,11,14H,5-8,10H2,1-3H3,(H,17,21)/t14-/m1/s1. The zero-order valence-corrected chi connectivity index (χ0v) is 14.2. The Kier molecular flexibility index (Phi) is 5.90. The lowest BCUT2D eigenvalue weighted by atomic mass is 10.0. The van der Waals surface area contributed by atoms with Crippen LogP contribution in [-0.4, -0.2) is 60.3 Å². The largest absolute Gasteiger partial charge is 0.346 e. The van der Waals surface area contributed by atoms with Crippen molar-refractivity contribution in [2.24, 2.45) is 5.92 Å². The molecule has 0 bridgehead atoms. The van der Waals surface area contributed by atoms with Gasteiger partial charge in [0.2, 0.25) is 5.91 Å². The second kappa shape index (κ2) is 7.69. The van der Waals surface area contributed by atoms with Crippen molar-refractivity contribution in [1.29, 1.82) is 0 Å². The van der Waals surface area contributed by atoms with E-state index in [2.05, 4.69) is 20.1 Å². The van der Waals surface area contributed by atoms with Crippen LogP contribution in [0.5, 0.6) is 0 Å². The summed E-state index contributed by atoms with van der Waals surface area (Å²) in [7, 11) is 0. The summed E-state index contributed by atoms with van der Waals surface area (Å²) in [6, 6.07) is -0.385. The molecule has 22 heavy (non-hydrogen) atoms. The first-order valence-corrected chi connectivity index (χ1v) is 8.52. The second-order valence-electron chi connectivity index (χ2n) is 5.98. The van der Waals surface area contributed by atoms with Crippen molar-refractivity contribution in [2.75, 3.05) is 37.6 Å². The van der Waals surface area contributed by atoms with E-state index in [1.807, 2.05) is 25.4 Å². The van der Waals surface area contributed by atoms with Crippen molar-refractivity contribution in [3.05, 3.63) is 11.6 Å². The van der Waals surface area contributed by atoms with Gasteiger partial charge < -0.3 is 10.2 Å². The Morgan fingerprint density at radius 1 is 1.32 bits per heavy atom. The lowest BCUT2D eigenvalue weighted by molar-refractivity contribution is -0.128. The molecule has 1 aromatic rings. The van der Waals surface area contributed by atoms with Crippen molar-refractivity contribution in [3.8, 4) is 0 Å². The van der Waals surface area contributed by atoms with Crippen LogP contribution >= 0.6 is 11.3 Å². The van der Waals surface area contributed by atoms with E-state index in [0.29, 0.717) is 6.54 Å². The van der Waals surface area contributed by atoms with Gasteiger partial charge in [-0.2, -0.15) is 0 Å². The minimum Gasteiger partial charge on any atom is -0.346 e. The summed E-state index contributed by atoms with van der Waals surface area (Å²) in [5.41, 5.74) is 0. The Hall–Kier alpha value is -1.47. The number of aromatic nitrogens is 1. The van der Waals surface area contributed by atoms with Gasteiger partial charge in [-0.3, -0.25) is 14.5 Å². The third-order valence-corrected chi connectivity index (χ3v) is 4.68. The van der Waals surface area contributed by atoms with Gasteiger partial charge in [0.25, 0.3) is 0 Å². The summed E-state index contributed by atoms with van der Waals surface area (Å²) in [5, 5.41) is 5.87. The fraction of sp³-hybridized carbons (Fsp3) is 0.667. The fourth-order valence-corrected chi connectivity index (χ4v) is 3.33. The van der Waals surface area contributed by atoms with Gasteiger partial charge in [-0.05, 0) is 12.8 Å². The number of carbonyl (C=O) groups is 2. The fourth-order valence-electron chi connectivity index (χ4n) is 2.63. The van der Waals surface area contributed by atoms with E-state index in [0.717, 1.165) is 31.3 Å². The number of amides is 1. The van der Waals surface area contributed by atoms with Crippen LogP contribution in [0.3, 0.4) is 0 Å². The summed E-state index contributed by atoms with van der Waals surface area (Å²) in [4.78, 5) is 32.3. The zero-order valence-electron chi connectivity index (χ0n) is 13.4.